The SMILES string of the molecule is CCOC(=O)c1cnn(C(c2ccco2)C(C)N)c1. The zero-order valence-corrected chi connectivity index (χ0v) is 10.9. The molecule has 0 bridgehead atoms. The summed E-state index contributed by atoms with van der Waals surface area (Å²) in [6.07, 6.45) is 4.67. The Morgan fingerprint density at radius 3 is 3.00 bits per heavy atom. The Morgan fingerprint density at radius 2 is 2.42 bits per heavy atom. The molecule has 0 amide bonds. The van der Waals surface area contributed by atoms with Crippen molar-refractivity contribution in [2.24, 2.45) is 5.73 Å². The van der Waals surface area contributed by atoms with Crippen molar-refractivity contribution >= 4 is 5.97 Å². The van der Waals surface area contributed by atoms with E-state index < -0.39 is 5.97 Å². The van der Waals surface area contributed by atoms with Gasteiger partial charge in [-0.05, 0) is 26.0 Å². The molecule has 0 saturated heterocycles. The van der Waals surface area contributed by atoms with E-state index in [0.717, 1.165) is 0 Å². The van der Waals surface area contributed by atoms with Crippen LogP contribution in [0.1, 0.15) is 36.0 Å². The van der Waals surface area contributed by atoms with E-state index in [-0.39, 0.29) is 12.1 Å². The molecule has 2 aromatic heterocycles. The first-order valence-corrected chi connectivity index (χ1v) is 6.13. The molecule has 6 nitrogen and oxygen atoms in total. The van der Waals surface area contributed by atoms with Gasteiger partial charge in [0, 0.05) is 12.2 Å². The van der Waals surface area contributed by atoms with Gasteiger partial charge in [-0.2, -0.15) is 5.10 Å². The number of rotatable bonds is 5. The molecule has 2 aromatic rings. The fourth-order valence-corrected chi connectivity index (χ4v) is 1.90. The van der Waals surface area contributed by atoms with Crippen molar-refractivity contribution < 1.29 is 13.9 Å². The standard InChI is InChI=1S/C13H17N3O3/c1-3-18-13(17)10-7-15-16(8-10)12(9(2)14)11-5-4-6-19-11/h4-9,12H,3,14H2,1-2H3. The number of hydrogen-bond donors (Lipinski definition) is 1. The molecule has 2 N–H and O–H groups in total. The Labute approximate surface area is 111 Å². The summed E-state index contributed by atoms with van der Waals surface area (Å²) in [7, 11) is 0. The van der Waals surface area contributed by atoms with Gasteiger partial charge in [0.25, 0.3) is 0 Å². The Kier molecular flexibility index (Phi) is 4.01. The molecular weight excluding hydrogens is 246 g/mol. The quantitative estimate of drug-likeness (QED) is 0.828. The smallest absolute Gasteiger partial charge is 0.341 e. The van der Waals surface area contributed by atoms with Crippen LogP contribution in [0.5, 0.6) is 0 Å². The maximum atomic E-state index is 11.6. The highest BCUT2D eigenvalue weighted by atomic mass is 16.5. The van der Waals surface area contributed by atoms with E-state index in [9.17, 15) is 4.79 Å². The lowest BCUT2D eigenvalue weighted by atomic mass is 10.1. The molecule has 0 aromatic carbocycles. The number of hydrogen-bond acceptors (Lipinski definition) is 5. The number of ether oxygens (including phenoxy) is 1. The monoisotopic (exact) mass is 263 g/mol. The van der Waals surface area contributed by atoms with Crippen LogP contribution in [0.4, 0.5) is 0 Å². The molecule has 0 saturated carbocycles. The molecule has 0 aliphatic rings. The van der Waals surface area contributed by atoms with Crippen LogP contribution in [-0.2, 0) is 4.74 Å². The second-order valence-electron chi connectivity index (χ2n) is 4.25. The van der Waals surface area contributed by atoms with E-state index in [1.54, 1.807) is 30.1 Å². The van der Waals surface area contributed by atoms with Crippen LogP contribution in [-0.4, -0.2) is 28.4 Å². The van der Waals surface area contributed by atoms with Crippen molar-refractivity contribution in [2.45, 2.75) is 25.9 Å². The number of aromatic nitrogens is 2. The lowest BCUT2D eigenvalue weighted by Gasteiger charge is -2.18. The minimum absolute atomic E-state index is 0.207. The van der Waals surface area contributed by atoms with Gasteiger partial charge in [-0.25, -0.2) is 4.79 Å². The average Bonchev–Trinajstić information content (AvgIpc) is 3.00. The third-order valence-corrected chi connectivity index (χ3v) is 2.73. The van der Waals surface area contributed by atoms with Crippen LogP contribution in [0.25, 0.3) is 0 Å². The summed E-state index contributed by atoms with van der Waals surface area (Å²) < 4.78 is 11.9. The third-order valence-electron chi connectivity index (χ3n) is 2.73. The fourth-order valence-electron chi connectivity index (χ4n) is 1.90. The second-order valence-corrected chi connectivity index (χ2v) is 4.25. The molecule has 19 heavy (non-hydrogen) atoms. The number of nitrogens with zero attached hydrogens (tertiary/aromatic N) is 2. The summed E-state index contributed by atoms with van der Waals surface area (Å²) in [5, 5.41) is 4.17. The molecule has 2 atom stereocenters. The summed E-state index contributed by atoms with van der Waals surface area (Å²) >= 11 is 0. The van der Waals surface area contributed by atoms with E-state index in [2.05, 4.69) is 5.10 Å². The van der Waals surface area contributed by atoms with Gasteiger partial charge in [0.1, 0.15) is 11.8 Å². The molecule has 6 heteroatoms. The van der Waals surface area contributed by atoms with Crippen molar-refractivity contribution in [2.75, 3.05) is 6.61 Å². The third kappa shape index (κ3) is 2.85. The molecule has 2 heterocycles. The Hall–Kier alpha value is -2.08. The van der Waals surface area contributed by atoms with E-state index >= 15 is 0 Å². The molecule has 0 aliphatic carbocycles. The van der Waals surface area contributed by atoms with Crippen LogP contribution in [0, 0.1) is 0 Å². The molecule has 0 aliphatic heterocycles. The predicted octanol–water partition coefficient (Wildman–Crippen LogP) is 1.59. The van der Waals surface area contributed by atoms with E-state index in [0.29, 0.717) is 17.9 Å². The van der Waals surface area contributed by atoms with Crippen LogP contribution in [0.2, 0.25) is 0 Å². The topological polar surface area (TPSA) is 83.3 Å². The lowest BCUT2D eigenvalue weighted by molar-refractivity contribution is 0.0526. The highest BCUT2D eigenvalue weighted by Crippen LogP contribution is 2.21. The van der Waals surface area contributed by atoms with Crippen LogP contribution >= 0.6 is 0 Å². The maximum Gasteiger partial charge on any atom is 0.341 e. The van der Waals surface area contributed by atoms with E-state index in [1.807, 2.05) is 13.0 Å². The van der Waals surface area contributed by atoms with Gasteiger partial charge < -0.3 is 14.9 Å². The highest BCUT2D eigenvalue weighted by Gasteiger charge is 2.23. The zero-order chi connectivity index (χ0) is 13.8. The average molecular weight is 263 g/mol. The molecule has 2 rings (SSSR count). The Bertz CT molecular complexity index is 531. The molecule has 0 radical (unpaired) electrons. The van der Waals surface area contributed by atoms with E-state index in [1.165, 1.54) is 6.20 Å². The van der Waals surface area contributed by atoms with Gasteiger partial charge in [-0.1, -0.05) is 0 Å². The van der Waals surface area contributed by atoms with Crippen molar-refractivity contribution in [1.82, 2.24) is 9.78 Å². The van der Waals surface area contributed by atoms with E-state index in [4.69, 9.17) is 14.9 Å². The fraction of sp³-hybridized carbons (Fsp3) is 0.385. The van der Waals surface area contributed by atoms with Gasteiger partial charge in [-0.15, -0.1) is 0 Å². The van der Waals surface area contributed by atoms with Gasteiger partial charge in [0.2, 0.25) is 0 Å². The lowest BCUT2D eigenvalue weighted by Crippen LogP contribution is -2.30. The summed E-state index contributed by atoms with van der Waals surface area (Å²) in [4.78, 5) is 11.6. The number of furan rings is 1. The maximum absolute atomic E-state index is 11.6. The normalized spacial score (nSPS) is 14.1. The molecule has 0 spiro atoms. The summed E-state index contributed by atoms with van der Waals surface area (Å²) in [6.45, 7) is 3.95. The predicted molar refractivity (Wildman–Crippen MR) is 68.7 cm³/mol. The minimum atomic E-state index is -0.392. The first-order chi connectivity index (χ1) is 9.13. The number of nitrogens with two attached hydrogens (primary N) is 1. The summed E-state index contributed by atoms with van der Waals surface area (Å²) in [6, 6.07) is 3.17. The summed E-state index contributed by atoms with van der Waals surface area (Å²) in [5.41, 5.74) is 6.37. The Balaban J connectivity index is 2.27. The summed E-state index contributed by atoms with van der Waals surface area (Å²) in [5.74, 6) is 0.310. The second kappa shape index (κ2) is 5.71. The highest BCUT2D eigenvalue weighted by molar-refractivity contribution is 5.88. The zero-order valence-electron chi connectivity index (χ0n) is 10.9. The first kappa shape index (κ1) is 13.4. The first-order valence-electron chi connectivity index (χ1n) is 6.13. The van der Waals surface area contributed by atoms with Crippen molar-refractivity contribution in [3.05, 3.63) is 42.1 Å². The van der Waals surface area contributed by atoms with Gasteiger partial charge in [0.15, 0.2) is 0 Å². The van der Waals surface area contributed by atoms with Crippen LogP contribution in [0.3, 0.4) is 0 Å². The van der Waals surface area contributed by atoms with Gasteiger partial charge in [0.05, 0.1) is 24.6 Å². The molecule has 0 fully saturated rings. The molecule has 2 unspecified atom stereocenters. The molecule has 102 valence electrons. The van der Waals surface area contributed by atoms with Crippen molar-refractivity contribution in [1.29, 1.82) is 0 Å². The number of esters is 1. The molecular formula is C13H17N3O3. The largest absolute Gasteiger partial charge is 0.467 e. The minimum Gasteiger partial charge on any atom is -0.467 e. The van der Waals surface area contributed by atoms with Crippen molar-refractivity contribution in [3.8, 4) is 0 Å². The number of carbonyl (C=O) groups is 1. The Morgan fingerprint density at radius 1 is 1.63 bits per heavy atom. The van der Waals surface area contributed by atoms with Gasteiger partial charge >= 0.3 is 5.97 Å². The van der Waals surface area contributed by atoms with Crippen molar-refractivity contribution in [3.63, 3.8) is 0 Å². The number of carbonyl (C=O) groups excluding carboxylic acids is 1. The van der Waals surface area contributed by atoms with Crippen LogP contribution in [0.15, 0.2) is 35.2 Å². The van der Waals surface area contributed by atoms with Crippen LogP contribution < -0.4 is 5.73 Å². The van der Waals surface area contributed by atoms with Gasteiger partial charge in [-0.3, -0.25) is 4.68 Å².